The van der Waals surface area contributed by atoms with Gasteiger partial charge in [0.1, 0.15) is 0 Å². The lowest BCUT2D eigenvalue weighted by atomic mass is 9.97. The first kappa shape index (κ1) is 15.4. The van der Waals surface area contributed by atoms with Gasteiger partial charge in [-0.2, -0.15) is 0 Å². The van der Waals surface area contributed by atoms with Crippen LogP contribution in [0.25, 0.3) is 0 Å². The fourth-order valence-electron chi connectivity index (χ4n) is 1.86. The van der Waals surface area contributed by atoms with Gasteiger partial charge in [0.05, 0.1) is 6.04 Å². The molecule has 19 heavy (non-hydrogen) atoms. The maximum Gasteiger partial charge on any atom is 0.303 e. The van der Waals surface area contributed by atoms with Crippen molar-refractivity contribution in [2.24, 2.45) is 0 Å². The number of hydrogen-bond donors (Lipinski definition) is 2. The van der Waals surface area contributed by atoms with E-state index < -0.39 is 12.0 Å². The van der Waals surface area contributed by atoms with E-state index in [0.29, 0.717) is 12.0 Å². The van der Waals surface area contributed by atoms with Crippen molar-refractivity contribution in [2.45, 2.75) is 45.2 Å². The maximum atomic E-state index is 12.4. The van der Waals surface area contributed by atoms with E-state index in [0.717, 1.165) is 0 Å². The topological polar surface area (TPSA) is 66.4 Å². The summed E-state index contributed by atoms with van der Waals surface area (Å²) in [6.45, 7) is 5.87. The molecule has 0 radical (unpaired) electrons. The highest BCUT2D eigenvalue weighted by Gasteiger charge is 2.25. The molecular weight excluding hydrogens is 242 g/mol. The summed E-state index contributed by atoms with van der Waals surface area (Å²) in [7, 11) is 0. The monoisotopic (exact) mass is 263 g/mol. The van der Waals surface area contributed by atoms with E-state index in [1.54, 1.807) is 24.3 Å². The van der Waals surface area contributed by atoms with Gasteiger partial charge in [-0.3, -0.25) is 9.59 Å². The Hall–Kier alpha value is -1.68. The van der Waals surface area contributed by atoms with Gasteiger partial charge in [-0.25, -0.2) is 0 Å². The van der Waals surface area contributed by atoms with Crippen molar-refractivity contribution in [3.05, 3.63) is 35.9 Å². The van der Waals surface area contributed by atoms with Crippen molar-refractivity contribution in [1.29, 1.82) is 0 Å². The van der Waals surface area contributed by atoms with Crippen LogP contribution in [0, 0.1) is 0 Å². The summed E-state index contributed by atoms with van der Waals surface area (Å²) >= 11 is 0. The summed E-state index contributed by atoms with van der Waals surface area (Å²) in [4.78, 5) is 23.1. The molecular formula is C15H21NO3. The molecule has 0 aliphatic heterocycles. The molecule has 1 rings (SSSR count). The Morgan fingerprint density at radius 2 is 1.79 bits per heavy atom. The third-order valence-electron chi connectivity index (χ3n) is 2.63. The number of carboxylic acid groups (broad SMARTS) is 1. The smallest absolute Gasteiger partial charge is 0.303 e. The highest BCUT2D eigenvalue weighted by atomic mass is 16.4. The lowest BCUT2D eigenvalue weighted by Gasteiger charge is -2.27. The molecule has 0 aliphatic rings. The van der Waals surface area contributed by atoms with E-state index in [1.807, 2.05) is 26.8 Å². The number of carboxylic acids is 1. The Morgan fingerprint density at radius 1 is 1.21 bits per heavy atom. The Labute approximate surface area is 113 Å². The number of carbonyl (C=O) groups excluding carboxylic acids is 1. The van der Waals surface area contributed by atoms with Gasteiger partial charge in [-0.1, -0.05) is 30.3 Å². The second-order valence-corrected chi connectivity index (χ2v) is 5.61. The van der Waals surface area contributed by atoms with E-state index in [-0.39, 0.29) is 17.7 Å². The molecule has 0 spiro atoms. The molecule has 1 atom stereocenters. The van der Waals surface area contributed by atoms with Gasteiger partial charge in [0, 0.05) is 17.5 Å². The van der Waals surface area contributed by atoms with Gasteiger partial charge < -0.3 is 10.4 Å². The van der Waals surface area contributed by atoms with Crippen molar-refractivity contribution in [3.8, 4) is 0 Å². The highest BCUT2D eigenvalue weighted by Crippen LogP contribution is 2.12. The lowest BCUT2D eigenvalue weighted by molar-refractivity contribution is -0.137. The molecule has 0 saturated carbocycles. The second kappa shape index (κ2) is 6.48. The van der Waals surface area contributed by atoms with Crippen LogP contribution in [0.5, 0.6) is 0 Å². The molecule has 0 aromatic heterocycles. The number of carbonyl (C=O) groups is 2. The van der Waals surface area contributed by atoms with E-state index in [9.17, 15) is 9.59 Å². The first-order chi connectivity index (χ1) is 8.79. The molecule has 104 valence electrons. The maximum absolute atomic E-state index is 12.4. The Morgan fingerprint density at radius 3 is 2.26 bits per heavy atom. The predicted octanol–water partition coefficient (Wildman–Crippen LogP) is 2.49. The summed E-state index contributed by atoms with van der Waals surface area (Å²) in [6, 6.07) is 8.48. The quantitative estimate of drug-likeness (QED) is 0.774. The summed E-state index contributed by atoms with van der Waals surface area (Å²) in [6.07, 6.45) is 0.270. The minimum Gasteiger partial charge on any atom is -0.481 e. The number of Topliss-reactive ketones (excluding diaryl/α,β-unsaturated/α-hetero) is 1. The third-order valence-corrected chi connectivity index (χ3v) is 2.63. The van der Waals surface area contributed by atoms with E-state index in [4.69, 9.17) is 5.11 Å². The van der Waals surface area contributed by atoms with Gasteiger partial charge in [0.2, 0.25) is 0 Å². The molecule has 0 saturated heterocycles. The van der Waals surface area contributed by atoms with Crippen LogP contribution in [0.1, 0.15) is 44.0 Å². The van der Waals surface area contributed by atoms with Crippen LogP contribution in [0.15, 0.2) is 30.3 Å². The standard InChI is InChI=1S/C15H21NO3/c1-15(2,3)16-12(9-10-13(17)18)14(19)11-7-5-4-6-8-11/h4-8,12,16H,9-10H2,1-3H3,(H,17,18). The fourth-order valence-corrected chi connectivity index (χ4v) is 1.86. The van der Waals surface area contributed by atoms with Gasteiger partial charge in [-0.15, -0.1) is 0 Å². The number of ketones is 1. The minimum absolute atomic E-state index is 0.0215. The largest absolute Gasteiger partial charge is 0.481 e. The Bertz CT molecular complexity index is 434. The minimum atomic E-state index is -0.887. The lowest BCUT2D eigenvalue weighted by Crippen LogP contribution is -2.48. The normalized spacial score (nSPS) is 13.0. The zero-order valence-electron chi connectivity index (χ0n) is 11.6. The predicted molar refractivity (Wildman–Crippen MR) is 74.3 cm³/mol. The molecule has 0 bridgehead atoms. The van der Waals surface area contributed by atoms with Crippen LogP contribution in [0.4, 0.5) is 0 Å². The van der Waals surface area contributed by atoms with Gasteiger partial charge in [0.15, 0.2) is 5.78 Å². The molecule has 0 amide bonds. The molecule has 4 nitrogen and oxygen atoms in total. The van der Waals surface area contributed by atoms with Crippen LogP contribution >= 0.6 is 0 Å². The molecule has 0 fully saturated rings. The molecule has 0 aliphatic carbocycles. The molecule has 1 aromatic carbocycles. The van der Waals surface area contributed by atoms with Crippen molar-refractivity contribution in [3.63, 3.8) is 0 Å². The Kier molecular flexibility index (Phi) is 5.24. The van der Waals surface area contributed by atoms with Crippen molar-refractivity contribution in [1.82, 2.24) is 5.32 Å². The van der Waals surface area contributed by atoms with Gasteiger partial charge >= 0.3 is 5.97 Å². The number of hydrogen-bond acceptors (Lipinski definition) is 3. The first-order valence-electron chi connectivity index (χ1n) is 6.38. The number of nitrogens with one attached hydrogen (secondary N) is 1. The van der Waals surface area contributed by atoms with E-state index in [2.05, 4.69) is 5.32 Å². The molecule has 1 unspecified atom stereocenters. The zero-order chi connectivity index (χ0) is 14.5. The first-order valence-corrected chi connectivity index (χ1v) is 6.38. The second-order valence-electron chi connectivity index (χ2n) is 5.61. The number of rotatable bonds is 6. The number of benzene rings is 1. The van der Waals surface area contributed by atoms with E-state index in [1.165, 1.54) is 0 Å². The van der Waals surface area contributed by atoms with E-state index >= 15 is 0 Å². The molecule has 4 heteroatoms. The average molecular weight is 263 g/mol. The van der Waals surface area contributed by atoms with Crippen LogP contribution in [-0.2, 0) is 4.79 Å². The summed E-state index contributed by atoms with van der Waals surface area (Å²) < 4.78 is 0. The fraction of sp³-hybridized carbons (Fsp3) is 0.467. The van der Waals surface area contributed by atoms with Crippen LogP contribution in [0.2, 0.25) is 0 Å². The van der Waals surface area contributed by atoms with Crippen LogP contribution in [0.3, 0.4) is 0 Å². The molecule has 0 heterocycles. The number of aliphatic carboxylic acids is 1. The van der Waals surface area contributed by atoms with Gasteiger partial charge in [0.25, 0.3) is 0 Å². The van der Waals surface area contributed by atoms with Crippen molar-refractivity contribution in [2.75, 3.05) is 0 Å². The summed E-state index contributed by atoms with van der Waals surface area (Å²) in [5.74, 6) is -0.946. The average Bonchev–Trinajstić information content (AvgIpc) is 2.33. The van der Waals surface area contributed by atoms with Crippen molar-refractivity contribution >= 4 is 11.8 Å². The van der Waals surface area contributed by atoms with Crippen LogP contribution < -0.4 is 5.32 Å². The van der Waals surface area contributed by atoms with Crippen molar-refractivity contribution < 1.29 is 14.7 Å². The Balaban J connectivity index is 2.83. The SMILES string of the molecule is CC(C)(C)NC(CCC(=O)O)C(=O)c1ccccc1. The third kappa shape index (κ3) is 5.66. The van der Waals surface area contributed by atoms with Crippen LogP contribution in [-0.4, -0.2) is 28.4 Å². The summed E-state index contributed by atoms with van der Waals surface area (Å²) in [5.41, 5.74) is 0.364. The summed E-state index contributed by atoms with van der Waals surface area (Å²) in [5, 5.41) is 12.0. The van der Waals surface area contributed by atoms with Gasteiger partial charge in [-0.05, 0) is 27.2 Å². The zero-order valence-corrected chi connectivity index (χ0v) is 11.6. The highest BCUT2D eigenvalue weighted by molar-refractivity contribution is 6.00. The molecule has 2 N–H and O–H groups in total. The molecule has 1 aromatic rings.